The van der Waals surface area contributed by atoms with Crippen molar-refractivity contribution in [2.45, 2.75) is 25.3 Å². The van der Waals surface area contributed by atoms with Crippen molar-refractivity contribution in [2.24, 2.45) is 0 Å². The lowest BCUT2D eigenvalue weighted by Gasteiger charge is -2.32. The molecule has 0 unspecified atom stereocenters. The van der Waals surface area contributed by atoms with Gasteiger partial charge >= 0.3 is 0 Å². The van der Waals surface area contributed by atoms with Crippen molar-refractivity contribution in [1.29, 1.82) is 0 Å². The Morgan fingerprint density at radius 2 is 1.92 bits per heavy atom. The molecule has 3 rings (SSSR count). The second-order valence-electron chi connectivity index (χ2n) is 6.63. The molecule has 2 heterocycles. The fraction of sp³-hybridized carbons (Fsp3) is 0.400. The molecule has 1 amide bonds. The summed E-state index contributed by atoms with van der Waals surface area (Å²) < 4.78 is 0.900. The van der Waals surface area contributed by atoms with Crippen molar-refractivity contribution in [3.05, 3.63) is 64.4 Å². The molecule has 1 aromatic carbocycles. The number of rotatable bonds is 6. The van der Waals surface area contributed by atoms with Crippen molar-refractivity contribution >= 4 is 34.2 Å². The Labute approximate surface area is 170 Å². The van der Waals surface area contributed by atoms with Crippen LogP contribution in [0.1, 0.15) is 30.0 Å². The molecule has 6 heteroatoms. The van der Waals surface area contributed by atoms with E-state index in [9.17, 15) is 4.79 Å². The van der Waals surface area contributed by atoms with Crippen LogP contribution in [0.2, 0.25) is 0 Å². The van der Waals surface area contributed by atoms with Crippen LogP contribution in [-0.2, 0) is 11.2 Å². The average Bonchev–Trinajstić information content (AvgIpc) is 3.13. The fourth-order valence-electron chi connectivity index (χ4n) is 3.36. The van der Waals surface area contributed by atoms with E-state index in [1.54, 1.807) is 12.4 Å². The predicted octanol–water partition coefficient (Wildman–Crippen LogP) is 4.10. The zero-order valence-electron chi connectivity index (χ0n) is 15.0. The first kappa shape index (κ1) is 20.9. The standard InChI is InChI=1S/C20H24BrN3O.ClH/c1-23(20(25)12-16-11-18(21)14-22-13-16)19(15-24-9-5-6-10-24)17-7-3-2-4-8-17;/h2-4,7-8,11,13-14,19H,5-6,9-10,12,15H2,1H3;1H/t19-;/m1./s1. The van der Waals surface area contributed by atoms with Crippen LogP contribution in [0.15, 0.2) is 53.3 Å². The third kappa shape index (κ3) is 5.53. The number of likely N-dealkylation sites (tertiary alicyclic amines) is 1. The lowest BCUT2D eigenvalue weighted by molar-refractivity contribution is -0.131. The minimum absolute atomic E-state index is 0. The van der Waals surface area contributed by atoms with Crippen LogP contribution in [0, 0.1) is 0 Å². The molecular weight excluding hydrogens is 414 g/mol. The van der Waals surface area contributed by atoms with Crippen LogP contribution in [0.4, 0.5) is 0 Å². The summed E-state index contributed by atoms with van der Waals surface area (Å²) in [5.74, 6) is 0.118. The van der Waals surface area contributed by atoms with Crippen LogP contribution in [0.3, 0.4) is 0 Å². The van der Waals surface area contributed by atoms with E-state index in [1.165, 1.54) is 18.4 Å². The zero-order valence-corrected chi connectivity index (χ0v) is 17.4. The van der Waals surface area contributed by atoms with Gasteiger partial charge < -0.3 is 9.80 Å². The molecule has 1 aliphatic rings. The lowest BCUT2D eigenvalue weighted by Crippen LogP contribution is -2.39. The smallest absolute Gasteiger partial charge is 0.227 e. The molecule has 1 saturated heterocycles. The summed E-state index contributed by atoms with van der Waals surface area (Å²) in [5, 5.41) is 0. The van der Waals surface area contributed by atoms with Gasteiger partial charge in [-0.25, -0.2) is 0 Å². The van der Waals surface area contributed by atoms with Crippen molar-refractivity contribution in [2.75, 3.05) is 26.7 Å². The molecule has 0 radical (unpaired) electrons. The number of amides is 1. The number of aromatic nitrogens is 1. The lowest BCUT2D eigenvalue weighted by atomic mass is 10.0. The van der Waals surface area contributed by atoms with Gasteiger partial charge in [0.15, 0.2) is 0 Å². The Hall–Kier alpha value is -1.43. The Bertz CT molecular complexity index is 707. The van der Waals surface area contributed by atoms with Gasteiger partial charge in [0.1, 0.15) is 0 Å². The van der Waals surface area contributed by atoms with E-state index < -0.39 is 0 Å². The second-order valence-corrected chi connectivity index (χ2v) is 7.54. The van der Waals surface area contributed by atoms with Crippen LogP contribution in [0.25, 0.3) is 0 Å². The quantitative estimate of drug-likeness (QED) is 0.681. The van der Waals surface area contributed by atoms with Crippen LogP contribution in [0.5, 0.6) is 0 Å². The maximum atomic E-state index is 12.9. The highest BCUT2D eigenvalue weighted by atomic mass is 79.9. The highest BCUT2D eigenvalue weighted by Crippen LogP contribution is 2.24. The third-order valence-corrected chi connectivity index (χ3v) is 5.23. The first-order chi connectivity index (χ1) is 12.1. The Morgan fingerprint density at radius 3 is 2.58 bits per heavy atom. The summed E-state index contributed by atoms with van der Waals surface area (Å²) >= 11 is 3.42. The van der Waals surface area contributed by atoms with E-state index in [0.717, 1.165) is 29.7 Å². The highest BCUT2D eigenvalue weighted by molar-refractivity contribution is 9.10. The summed E-state index contributed by atoms with van der Waals surface area (Å²) in [4.78, 5) is 21.4. The summed E-state index contributed by atoms with van der Waals surface area (Å²) in [6, 6.07) is 12.4. The van der Waals surface area contributed by atoms with Gasteiger partial charge in [-0.1, -0.05) is 30.3 Å². The minimum Gasteiger partial charge on any atom is -0.337 e. The van der Waals surface area contributed by atoms with E-state index in [2.05, 4.69) is 37.9 Å². The number of carbonyl (C=O) groups excluding carboxylic acids is 1. The molecule has 26 heavy (non-hydrogen) atoms. The van der Waals surface area contributed by atoms with Crippen LogP contribution in [-0.4, -0.2) is 47.4 Å². The number of halogens is 2. The molecule has 0 bridgehead atoms. The van der Waals surface area contributed by atoms with E-state index in [4.69, 9.17) is 0 Å². The maximum absolute atomic E-state index is 12.9. The van der Waals surface area contributed by atoms with E-state index in [1.807, 2.05) is 36.2 Å². The summed E-state index contributed by atoms with van der Waals surface area (Å²) in [6.07, 6.45) is 6.37. The third-order valence-electron chi connectivity index (χ3n) is 4.79. The largest absolute Gasteiger partial charge is 0.337 e. The molecule has 0 N–H and O–H groups in total. The summed E-state index contributed by atoms with van der Waals surface area (Å²) in [7, 11) is 1.92. The Morgan fingerprint density at radius 1 is 1.23 bits per heavy atom. The molecule has 0 saturated carbocycles. The first-order valence-corrected chi connectivity index (χ1v) is 9.55. The normalized spacial score (nSPS) is 15.3. The monoisotopic (exact) mass is 437 g/mol. The molecule has 1 fully saturated rings. The predicted molar refractivity (Wildman–Crippen MR) is 111 cm³/mol. The molecule has 4 nitrogen and oxygen atoms in total. The summed E-state index contributed by atoms with van der Waals surface area (Å²) in [6.45, 7) is 3.14. The molecule has 2 aromatic rings. The number of hydrogen-bond acceptors (Lipinski definition) is 3. The van der Waals surface area contributed by atoms with Gasteiger partial charge in [0.25, 0.3) is 0 Å². The second kappa shape index (κ2) is 10.0. The number of benzene rings is 1. The van der Waals surface area contributed by atoms with Crippen molar-refractivity contribution in [1.82, 2.24) is 14.8 Å². The molecule has 0 aliphatic carbocycles. The summed E-state index contributed by atoms with van der Waals surface area (Å²) in [5.41, 5.74) is 2.12. The number of likely N-dealkylation sites (N-methyl/N-ethyl adjacent to an activating group) is 1. The van der Waals surface area contributed by atoms with Crippen molar-refractivity contribution in [3.8, 4) is 0 Å². The Kier molecular flexibility index (Phi) is 8.07. The number of hydrogen-bond donors (Lipinski definition) is 0. The van der Waals surface area contributed by atoms with Gasteiger partial charge in [-0.15, -0.1) is 12.4 Å². The van der Waals surface area contributed by atoms with Gasteiger partial charge in [-0.3, -0.25) is 9.78 Å². The number of nitrogens with zero attached hydrogens (tertiary/aromatic N) is 3. The number of carbonyl (C=O) groups is 1. The molecule has 1 aliphatic heterocycles. The van der Waals surface area contributed by atoms with Crippen LogP contribution < -0.4 is 0 Å². The Balaban J connectivity index is 0.00000243. The van der Waals surface area contributed by atoms with Gasteiger partial charge in [-0.05, 0) is 59.1 Å². The minimum atomic E-state index is 0. The van der Waals surface area contributed by atoms with Gasteiger partial charge in [-0.2, -0.15) is 0 Å². The average molecular weight is 439 g/mol. The van der Waals surface area contributed by atoms with Gasteiger partial charge in [0.2, 0.25) is 5.91 Å². The van der Waals surface area contributed by atoms with E-state index in [0.29, 0.717) is 6.42 Å². The highest BCUT2D eigenvalue weighted by Gasteiger charge is 2.25. The zero-order chi connectivity index (χ0) is 17.6. The molecule has 1 aromatic heterocycles. The van der Waals surface area contributed by atoms with Gasteiger partial charge in [0, 0.05) is 30.5 Å². The topological polar surface area (TPSA) is 36.4 Å². The van der Waals surface area contributed by atoms with Gasteiger partial charge in [0.05, 0.1) is 12.5 Å². The molecule has 1 atom stereocenters. The molecule has 140 valence electrons. The molecule has 0 spiro atoms. The van der Waals surface area contributed by atoms with Crippen molar-refractivity contribution < 1.29 is 4.79 Å². The first-order valence-electron chi connectivity index (χ1n) is 8.76. The van der Waals surface area contributed by atoms with E-state index >= 15 is 0 Å². The molecular formula is C20H25BrClN3O. The van der Waals surface area contributed by atoms with E-state index in [-0.39, 0.29) is 24.4 Å². The van der Waals surface area contributed by atoms with Crippen molar-refractivity contribution in [3.63, 3.8) is 0 Å². The SMILES string of the molecule is CN(C(=O)Cc1cncc(Br)c1)[C@H](CN1CCCC1)c1ccccc1.Cl. The maximum Gasteiger partial charge on any atom is 0.227 e. The number of pyridine rings is 1. The fourth-order valence-corrected chi connectivity index (χ4v) is 3.77. The van der Waals surface area contributed by atoms with Crippen LogP contribution >= 0.6 is 28.3 Å².